The Bertz CT molecular complexity index is 932. The van der Waals surface area contributed by atoms with Gasteiger partial charge < -0.3 is 9.73 Å². The van der Waals surface area contributed by atoms with Crippen LogP contribution in [0.4, 0.5) is 5.88 Å². The van der Waals surface area contributed by atoms with Crippen molar-refractivity contribution in [3.05, 3.63) is 63.1 Å². The van der Waals surface area contributed by atoms with Crippen LogP contribution in [0, 0.1) is 16.0 Å². The zero-order chi connectivity index (χ0) is 17.6. The lowest BCUT2D eigenvalue weighted by Crippen LogP contribution is -2.35. The van der Waals surface area contributed by atoms with Crippen molar-refractivity contribution >= 4 is 23.4 Å². The number of amides is 2. The van der Waals surface area contributed by atoms with Crippen LogP contribution in [0.5, 0.6) is 0 Å². The van der Waals surface area contributed by atoms with E-state index in [9.17, 15) is 19.7 Å². The number of nitrogens with zero attached hydrogens (tertiary/aromatic N) is 2. The number of aliphatic imine (C=N–C) groups is 1. The topological polar surface area (TPSA) is 115 Å². The Hall–Kier alpha value is -3.29. The Morgan fingerprint density at radius 1 is 1.36 bits per heavy atom. The number of allylic oxidation sites excluding steroid dienone is 3. The Kier molecular flexibility index (Phi) is 3.45. The molecule has 0 aromatic carbocycles. The second kappa shape index (κ2) is 5.66. The first kappa shape index (κ1) is 15.3. The number of rotatable bonds is 2. The van der Waals surface area contributed by atoms with Crippen LogP contribution in [0.25, 0.3) is 0 Å². The molecule has 0 saturated heterocycles. The van der Waals surface area contributed by atoms with Crippen molar-refractivity contribution in [1.29, 1.82) is 0 Å². The second-order valence-electron chi connectivity index (χ2n) is 5.98. The van der Waals surface area contributed by atoms with E-state index in [0.717, 1.165) is 36.5 Å². The molecule has 4 rings (SSSR count). The molecule has 0 fully saturated rings. The molecule has 2 heterocycles. The minimum atomic E-state index is -0.721. The van der Waals surface area contributed by atoms with Crippen LogP contribution in [0.2, 0.25) is 0 Å². The van der Waals surface area contributed by atoms with Crippen LogP contribution < -0.4 is 5.32 Å². The highest BCUT2D eigenvalue weighted by Crippen LogP contribution is 2.39. The first-order chi connectivity index (χ1) is 12.0. The van der Waals surface area contributed by atoms with E-state index >= 15 is 0 Å². The van der Waals surface area contributed by atoms with Gasteiger partial charge in [-0.3, -0.25) is 19.7 Å². The average Bonchev–Trinajstić information content (AvgIpc) is 3.25. The summed E-state index contributed by atoms with van der Waals surface area (Å²) >= 11 is 0. The van der Waals surface area contributed by atoms with Crippen LogP contribution in [0.1, 0.15) is 29.8 Å². The second-order valence-corrected chi connectivity index (χ2v) is 5.98. The summed E-state index contributed by atoms with van der Waals surface area (Å²) in [7, 11) is 0. The zero-order valence-corrected chi connectivity index (χ0v) is 13.0. The summed E-state index contributed by atoms with van der Waals surface area (Å²) in [5, 5.41) is 13.5. The molecule has 0 saturated carbocycles. The number of fused-ring (bicyclic) bond motifs is 2. The van der Waals surface area contributed by atoms with Crippen molar-refractivity contribution in [1.82, 2.24) is 5.32 Å². The largest absolute Gasteiger partial charge is 0.433 e. The quantitative estimate of drug-likeness (QED) is 0.656. The summed E-state index contributed by atoms with van der Waals surface area (Å²) in [6.45, 7) is 0. The Morgan fingerprint density at radius 2 is 2.20 bits per heavy atom. The van der Waals surface area contributed by atoms with Gasteiger partial charge in [0, 0.05) is 17.2 Å². The van der Waals surface area contributed by atoms with Gasteiger partial charge in [-0.15, -0.1) is 0 Å². The van der Waals surface area contributed by atoms with Crippen molar-refractivity contribution in [2.75, 3.05) is 0 Å². The smallest absolute Gasteiger partial charge is 0.395 e. The summed E-state index contributed by atoms with van der Waals surface area (Å²) in [5.74, 6) is -1.50. The first-order valence-electron chi connectivity index (χ1n) is 7.83. The van der Waals surface area contributed by atoms with Gasteiger partial charge in [0.25, 0.3) is 5.91 Å². The van der Waals surface area contributed by atoms with Crippen molar-refractivity contribution in [3.63, 3.8) is 0 Å². The predicted octanol–water partition coefficient (Wildman–Crippen LogP) is 2.45. The van der Waals surface area contributed by atoms with Gasteiger partial charge >= 0.3 is 11.8 Å². The highest BCUT2D eigenvalue weighted by molar-refractivity contribution is 6.13. The highest BCUT2D eigenvalue weighted by atomic mass is 16.6. The fourth-order valence-corrected chi connectivity index (χ4v) is 3.37. The molecule has 0 spiro atoms. The van der Waals surface area contributed by atoms with Gasteiger partial charge in [0.1, 0.15) is 4.92 Å². The number of furan rings is 1. The first-order valence-corrected chi connectivity index (χ1v) is 7.83. The van der Waals surface area contributed by atoms with Gasteiger partial charge in [-0.05, 0) is 43.1 Å². The normalized spacial score (nSPS) is 23.2. The van der Waals surface area contributed by atoms with E-state index in [-0.39, 0.29) is 17.6 Å². The zero-order valence-electron chi connectivity index (χ0n) is 13.0. The molecule has 1 aromatic rings. The molecule has 25 heavy (non-hydrogen) atoms. The summed E-state index contributed by atoms with van der Waals surface area (Å²) < 4.78 is 4.85. The van der Waals surface area contributed by atoms with E-state index < -0.39 is 16.7 Å². The Labute approximate surface area is 141 Å². The molecule has 8 nitrogen and oxygen atoms in total. The monoisotopic (exact) mass is 339 g/mol. The van der Waals surface area contributed by atoms with Gasteiger partial charge in [-0.2, -0.15) is 0 Å². The highest BCUT2D eigenvalue weighted by Gasteiger charge is 2.34. The molecule has 1 unspecified atom stereocenters. The van der Waals surface area contributed by atoms with E-state index in [1.54, 1.807) is 12.2 Å². The molecule has 8 heteroatoms. The number of nitrogens with one attached hydrogen (secondary N) is 1. The standard InChI is InChI=1S/C17H13N3O5/c21-16-12-3-1-2-10(12)11-5-4-9(8-13(11)19-16)18-17(22)14-6-7-15(25-14)20(23)24/h4-8,11H,1-3H2,(H,19,21). The SMILES string of the molecule is O=C1NC2=CC(=NC(=O)c3ccc([N+](=O)[O-])o3)C=CC2C2=C1CCC2. The third-order valence-corrected chi connectivity index (χ3v) is 4.48. The van der Waals surface area contributed by atoms with Crippen molar-refractivity contribution in [3.8, 4) is 0 Å². The fraction of sp³-hybridized carbons (Fsp3) is 0.235. The maximum Gasteiger partial charge on any atom is 0.433 e. The summed E-state index contributed by atoms with van der Waals surface area (Å²) in [4.78, 5) is 38.0. The number of carbonyl (C=O) groups excluding carboxylic acids is 2. The van der Waals surface area contributed by atoms with E-state index in [1.807, 2.05) is 6.08 Å². The molecular weight excluding hydrogens is 326 g/mol. The van der Waals surface area contributed by atoms with Crippen LogP contribution >= 0.6 is 0 Å². The molecular formula is C17H13N3O5. The Morgan fingerprint density at radius 3 is 2.96 bits per heavy atom. The van der Waals surface area contributed by atoms with E-state index in [2.05, 4.69) is 10.3 Å². The number of hydrogen-bond acceptors (Lipinski definition) is 5. The van der Waals surface area contributed by atoms with E-state index in [1.165, 1.54) is 6.07 Å². The molecule has 1 aromatic heterocycles. The summed E-state index contributed by atoms with van der Waals surface area (Å²) in [6.07, 6.45) is 7.95. The fourth-order valence-electron chi connectivity index (χ4n) is 3.37. The van der Waals surface area contributed by atoms with Crippen LogP contribution in [0.3, 0.4) is 0 Å². The van der Waals surface area contributed by atoms with Crippen molar-refractivity contribution in [2.24, 2.45) is 10.9 Å². The molecule has 1 N–H and O–H groups in total. The molecule has 0 bridgehead atoms. The third kappa shape index (κ3) is 2.61. The van der Waals surface area contributed by atoms with Crippen molar-refractivity contribution in [2.45, 2.75) is 19.3 Å². The summed E-state index contributed by atoms with van der Waals surface area (Å²) in [5.41, 5.74) is 3.06. The molecule has 2 amide bonds. The van der Waals surface area contributed by atoms with Crippen LogP contribution in [0.15, 0.2) is 56.6 Å². The predicted molar refractivity (Wildman–Crippen MR) is 86.9 cm³/mol. The number of carbonyl (C=O) groups is 2. The van der Waals surface area contributed by atoms with E-state index in [4.69, 9.17) is 4.42 Å². The molecule has 3 aliphatic rings. The molecule has 2 aliphatic carbocycles. The lowest BCUT2D eigenvalue weighted by molar-refractivity contribution is -0.402. The minimum absolute atomic E-state index is 0.0222. The maximum atomic E-state index is 12.1. The number of hydrogen-bond donors (Lipinski definition) is 1. The molecule has 1 aliphatic heterocycles. The molecule has 0 radical (unpaired) electrons. The lowest BCUT2D eigenvalue weighted by atomic mass is 9.85. The minimum Gasteiger partial charge on any atom is -0.395 e. The third-order valence-electron chi connectivity index (χ3n) is 4.48. The van der Waals surface area contributed by atoms with Gasteiger partial charge in [0.05, 0.1) is 11.8 Å². The number of nitro groups is 1. The van der Waals surface area contributed by atoms with Gasteiger partial charge in [0.15, 0.2) is 0 Å². The molecule has 126 valence electrons. The van der Waals surface area contributed by atoms with Crippen molar-refractivity contribution < 1.29 is 18.9 Å². The molecule has 1 atom stereocenters. The lowest BCUT2D eigenvalue weighted by Gasteiger charge is -2.28. The average molecular weight is 339 g/mol. The van der Waals surface area contributed by atoms with Gasteiger partial charge in [-0.25, -0.2) is 4.99 Å². The maximum absolute atomic E-state index is 12.1. The Balaban J connectivity index is 1.60. The van der Waals surface area contributed by atoms with Gasteiger partial charge in [-0.1, -0.05) is 6.08 Å². The van der Waals surface area contributed by atoms with E-state index in [0.29, 0.717) is 11.4 Å². The van der Waals surface area contributed by atoms with Gasteiger partial charge in [0.2, 0.25) is 5.76 Å². The van der Waals surface area contributed by atoms with Crippen LogP contribution in [-0.2, 0) is 4.79 Å². The summed E-state index contributed by atoms with van der Waals surface area (Å²) in [6, 6.07) is 2.32. The van der Waals surface area contributed by atoms with Crippen LogP contribution in [-0.4, -0.2) is 22.4 Å².